The van der Waals surface area contributed by atoms with Gasteiger partial charge in [-0.05, 0) is 18.6 Å². The fraction of sp³-hybridized carbons (Fsp3) is 0.385. The van der Waals surface area contributed by atoms with Crippen LogP contribution in [0.5, 0.6) is 0 Å². The highest BCUT2D eigenvalue weighted by Gasteiger charge is 2.11. The lowest BCUT2D eigenvalue weighted by Gasteiger charge is -2.16. The molecule has 0 saturated heterocycles. The van der Waals surface area contributed by atoms with Crippen LogP contribution in [0.1, 0.15) is 6.42 Å². The van der Waals surface area contributed by atoms with Crippen molar-refractivity contribution in [1.29, 1.82) is 0 Å². The molecule has 0 aliphatic rings. The molecule has 114 valence electrons. The molecule has 0 unspecified atom stereocenters. The van der Waals surface area contributed by atoms with E-state index in [1.54, 1.807) is 4.57 Å². The van der Waals surface area contributed by atoms with E-state index in [1.807, 2.05) is 24.3 Å². The quantitative estimate of drug-likeness (QED) is 0.481. The summed E-state index contributed by atoms with van der Waals surface area (Å²) in [5, 5.41) is 0. The first-order valence-electron chi connectivity index (χ1n) is 6.39. The Hall–Kier alpha value is -1.12. The van der Waals surface area contributed by atoms with E-state index in [1.165, 1.54) is 16.2 Å². The van der Waals surface area contributed by atoms with Gasteiger partial charge in [0.15, 0.2) is 0 Å². The lowest BCUT2D eigenvalue weighted by Crippen LogP contribution is -2.30. The average Bonchev–Trinajstić information content (AvgIpc) is 2.80. The zero-order chi connectivity index (χ0) is 15.2. The summed E-state index contributed by atoms with van der Waals surface area (Å²) in [5.74, 6) is 0.522. The summed E-state index contributed by atoms with van der Waals surface area (Å²) < 4.78 is 7.79. The number of rotatable bonds is 6. The third kappa shape index (κ3) is 3.96. The van der Waals surface area contributed by atoms with Gasteiger partial charge in [0.2, 0.25) is 0 Å². The van der Waals surface area contributed by atoms with Crippen LogP contribution in [0.25, 0.3) is 10.2 Å². The van der Waals surface area contributed by atoms with Crippen LogP contribution >= 0.6 is 36.6 Å². The SMILES string of the molecule is O=C(OCCCn1c(=O)sc2ccccc21)N(CS)CS. The minimum atomic E-state index is -0.442. The van der Waals surface area contributed by atoms with Gasteiger partial charge in [0.05, 0.1) is 28.6 Å². The van der Waals surface area contributed by atoms with Crippen LogP contribution in [0.15, 0.2) is 29.1 Å². The van der Waals surface area contributed by atoms with Crippen LogP contribution in [0.4, 0.5) is 4.79 Å². The first-order valence-corrected chi connectivity index (χ1v) is 8.47. The molecule has 1 aromatic carbocycles. The van der Waals surface area contributed by atoms with Crippen molar-refractivity contribution >= 4 is 52.9 Å². The topological polar surface area (TPSA) is 51.5 Å². The lowest BCUT2D eigenvalue weighted by molar-refractivity contribution is 0.113. The zero-order valence-corrected chi connectivity index (χ0v) is 13.9. The summed E-state index contributed by atoms with van der Waals surface area (Å²) in [6.07, 6.45) is 0.141. The Labute approximate surface area is 137 Å². The minimum absolute atomic E-state index is 0.00914. The largest absolute Gasteiger partial charge is 0.449 e. The molecule has 0 aliphatic carbocycles. The molecule has 21 heavy (non-hydrogen) atoms. The van der Waals surface area contributed by atoms with Gasteiger partial charge in [-0.1, -0.05) is 23.5 Å². The highest BCUT2D eigenvalue weighted by Crippen LogP contribution is 2.16. The van der Waals surface area contributed by atoms with Gasteiger partial charge in [-0.3, -0.25) is 14.3 Å². The number of carbonyl (C=O) groups is 1. The summed E-state index contributed by atoms with van der Waals surface area (Å²) in [4.78, 5) is 24.9. The molecule has 0 spiro atoms. The second-order valence-corrected chi connectivity index (χ2v) is 5.84. The second-order valence-electron chi connectivity index (χ2n) is 4.28. The maximum absolute atomic E-state index is 11.9. The normalized spacial score (nSPS) is 10.8. The van der Waals surface area contributed by atoms with Crippen LogP contribution in [0.2, 0.25) is 0 Å². The molecule has 2 aromatic rings. The molecule has 5 nitrogen and oxygen atoms in total. The number of ether oxygens (including phenoxy) is 1. The molecule has 1 amide bonds. The Morgan fingerprint density at radius 2 is 2.00 bits per heavy atom. The summed E-state index contributed by atoms with van der Waals surface area (Å²) in [7, 11) is 0. The number of para-hydroxylation sites is 1. The molecule has 0 aliphatic heterocycles. The van der Waals surface area contributed by atoms with Gasteiger partial charge in [0.25, 0.3) is 0 Å². The smallest absolute Gasteiger partial charge is 0.411 e. The standard InChI is InChI=1S/C13H16N2O3S3/c16-12(14(8-19)9-20)18-7-3-6-15-10-4-1-2-5-11(10)21-13(15)17/h1-2,4-5,19-20H,3,6-9H2. The fourth-order valence-corrected chi connectivity index (χ4v) is 3.37. The van der Waals surface area contributed by atoms with Gasteiger partial charge < -0.3 is 4.74 Å². The van der Waals surface area contributed by atoms with E-state index < -0.39 is 6.09 Å². The van der Waals surface area contributed by atoms with Gasteiger partial charge in [0.1, 0.15) is 0 Å². The molecule has 0 N–H and O–H groups in total. The van der Waals surface area contributed by atoms with Crippen molar-refractivity contribution in [2.24, 2.45) is 0 Å². The van der Waals surface area contributed by atoms with Crippen molar-refractivity contribution < 1.29 is 9.53 Å². The summed E-state index contributed by atoms with van der Waals surface area (Å²) in [6, 6.07) is 7.66. The predicted octanol–water partition coefficient (Wildman–Crippen LogP) is 2.67. The number of thiol groups is 2. The number of aromatic nitrogens is 1. The van der Waals surface area contributed by atoms with Crippen molar-refractivity contribution in [3.8, 4) is 0 Å². The first-order chi connectivity index (χ1) is 10.2. The number of fused-ring (bicyclic) bond motifs is 1. The molecule has 1 aromatic heterocycles. The van der Waals surface area contributed by atoms with Gasteiger partial charge in [-0.2, -0.15) is 25.3 Å². The van der Waals surface area contributed by atoms with Crippen LogP contribution < -0.4 is 4.87 Å². The molecule has 0 saturated carbocycles. The van der Waals surface area contributed by atoms with Crippen molar-refractivity contribution in [2.75, 3.05) is 18.4 Å². The van der Waals surface area contributed by atoms with Crippen LogP contribution in [-0.4, -0.2) is 33.9 Å². The maximum Gasteiger partial charge on any atom is 0.411 e. The van der Waals surface area contributed by atoms with Crippen molar-refractivity contribution in [2.45, 2.75) is 13.0 Å². The van der Waals surface area contributed by atoms with E-state index in [-0.39, 0.29) is 23.2 Å². The number of thiazole rings is 1. The van der Waals surface area contributed by atoms with Gasteiger partial charge in [0, 0.05) is 6.54 Å². The van der Waals surface area contributed by atoms with Gasteiger partial charge >= 0.3 is 11.0 Å². The molecular weight excluding hydrogens is 328 g/mol. The minimum Gasteiger partial charge on any atom is -0.449 e. The molecule has 0 bridgehead atoms. The Bertz CT molecular complexity index is 664. The number of carbonyl (C=O) groups excluding carboxylic acids is 1. The van der Waals surface area contributed by atoms with Crippen molar-refractivity contribution in [3.63, 3.8) is 0 Å². The number of benzene rings is 1. The predicted molar refractivity (Wildman–Crippen MR) is 91.6 cm³/mol. The van der Waals surface area contributed by atoms with Gasteiger partial charge in [-0.15, -0.1) is 0 Å². The summed E-state index contributed by atoms with van der Waals surface area (Å²) in [5.41, 5.74) is 0.922. The third-order valence-electron chi connectivity index (χ3n) is 2.92. The zero-order valence-electron chi connectivity index (χ0n) is 11.3. The molecule has 0 atom stereocenters. The monoisotopic (exact) mass is 344 g/mol. The number of nitrogens with zero attached hydrogens (tertiary/aromatic N) is 2. The first kappa shape index (κ1) is 16.3. The number of aryl methyl sites for hydroxylation is 1. The van der Waals surface area contributed by atoms with Crippen LogP contribution in [0.3, 0.4) is 0 Å². The summed E-state index contributed by atoms with van der Waals surface area (Å²) in [6.45, 7) is 0.783. The molecule has 2 rings (SSSR count). The number of hydrogen-bond acceptors (Lipinski definition) is 6. The molecule has 0 fully saturated rings. The second kappa shape index (κ2) is 7.77. The van der Waals surface area contributed by atoms with E-state index in [0.29, 0.717) is 13.0 Å². The maximum atomic E-state index is 11.9. The Morgan fingerprint density at radius 1 is 1.29 bits per heavy atom. The van der Waals surface area contributed by atoms with E-state index in [9.17, 15) is 9.59 Å². The Balaban J connectivity index is 1.90. The Kier molecular flexibility index (Phi) is 6.01. The highest BCUT2D eigenvalue weighted by atomic mass is 32.1. The lowest BCUT2D eigenvalue weighted by atomic mass is 10.3. The van der Waals surface area contributed by atoms with Crippen molar-refractivity contribution in [1.82, 2.24) is 9.47 Å². The van der Waals surface area contributed by atoms with E-state index >= 15 is 0 Å². The number of amides is 1. The third-order valence-corrected chi connectivity index (χ3v) is 4.57. The highest BCUT2D eigenvalue weighted by molar-refractivity contribution is 7.81. The van der Waals surface area contributed by atoms with Gasteiger partial charge in [-0.25, -0.2) is 4.79 Å². The molecule has 0 radical (unpaired) electrons. The molecule has 1 heterocycles. The van der Waals surface area contributed by atoms with E-state index in [2.05, 4.69) is 25.3 Å². The molecular formula is C13H16N2O3S3. The van der Waals surface area contributed by atoms with E-state index in [0.717, 1.165) is 10.2 Å². The van der Waals surface area contributed by atoms with Crippen LogP contribution in [0, 0.1) is 0 Å². The molecule has 8 heteroatoms. The average molecular weight is 344 g/mol. The Morgan fingerprint density at radius 3 is 2.71 bits per heavy atom. The number of hydrogen-bond donors (Lipinski definition) is 2. The fourth-order valence-electron chi connectivity index (χ4n) is 1.86. The van der Waals surface area contributed by atoms with E-state index in [4.69, 9.17) is 4.74 Å². The van der Waals surface area contributed by atoms with Crippen molar-refractivity contribution in [3.05, 3.63) is 33.9 Å². The van der Waals surface area contributed by atoms with Crippen LogP contribution in [-0.2, 0) is 11.3 Å². The summed E-state index contributed by atoms with van der Waals surface area (Å²) >= 11 is 9.26.